The summed E-state index contributed by atoms with van der Waals surface area (Å²) in [7, 11) is 0. The maximum atomic E-state index is 4.61. The van der Waals surface area contributed by atoms with Gasteiger partial charge in [-0.15, -0.1) is 11.3 Å². The Kier molecular flexibility index (Phi) is 6.61. The molecule has 3 heterocycles. The summed E-state index contributed by atoms with van der Waals surface area (Å²) in [5.74, 6) is 0. The highest BCUT2D eigenvalue weighted by molar-refractivity contribution is 7.26. The van der Waals surface area contributed by atoms with Crippen molar-refractivity contribution in [3.05, 3.63) is 200 Å². The van der Waals surface area contributed by atoms with Crippen molar-refractivity contribution < 1.29 is 0 Å². The SMILES string of the molecule is C=C1/C=C(c2ccc3c(c2)c2ccc4sc5ccccc5c4c2n3-c2ccc3ccccc3c2)\C=C/N(c2ccc3ccccc3c2)c2ccccc21. The normalized spacial score (nSPS) is 14.9. The molecule has 2 aromatic heterocycles. The van der Waals surface area contributed by atoms with Crippen molar-refractivity contribution in [3.8, 4) is 5.69 Å². The number of thiophene rings is 1. The fraction of sp³-hybridized carbons (Fsp3) is 0. The van der Waals surface area contributed by atoms with Gasteiger partial charge in [0.05, 0.1) is 16.7 Å². The summed E-state index contributed by atoms with van der Waals surface area (Å²) < 4.78 is 5.10. The quantitative estimate of drug-likeness (QED) is 0.179. The third-order valence-electron chi connectivity index (χ3n) is 10.8. The second-order valence-electron chi connectivity index (χ2n) is 13.9. The van der Waals surface area contributed by atoms with Crippen LogP contribution >= 0.6 is 11.3 Å². The van der Waals surface area contributed by atoms with Gasteiger partial charge in [-0.05, 0) is 105 Å². The van der Waals surface area contributed by atoms with Gasteiger partial charge >= 0.3 is 0 Å². The van der Waals surface area contributed by atoms with E-state index in [2.05, 4.69) is 198 Å². The van der Waals surface area contributed by atoms with Gasteiger partial charge in [0.1, 0.15) is 0 Å². The van der Waals surface area contributed by atoms with E-state index in [9.17, 15) is 0 Å². The number of benzene rings is 8. The maximum absolute atomic E-state index is 4.61. The molecule has 3 heteroatoms. The molecule has 248 valence electrons. The fourth-order valence-electron chi connectivity index (χ4n) is 8.31. The van der Waals surface area contributed by atoms with Crippen molar-refractivity contribution in [1.29, 1.82) is 0 Å². The van der Waals surface area contributed by atoms with Crippen LogP contribution in [0, 0.1) is 0 Å². The predicted molar refractivity (Wildman–Crippen MR) is 230 cm³/mol. The van der Waals surface area contributed by atoms with Gasteiger partial charge in [0.2, 0.25) is 0 Å². The number of anilines is 2. The number of aromatic nitrogens is 1. The van der Waals surface area contributed by atoms with Crippen LogP contribution in [0.15, 0.2) is 189 Å². The number of allylic oxidation sites excluding steroid dienone is 4. The standard InChI is InChI=1S/C50H32N2S/c1-32-28-38(26-27-51(45-16-8-6-14-41(32)45)39-21-18-33-10-2-4-12-35(33)29-39)37-20-24-46-44(31-37)42-23-25-48-49(43-15-7-9-17-47(43)53-48)50(42)52(46)40-22-19-34-11-3-5-13-36(34)30-40/h2-31H,1H2/b27-26-,38-28+. The van der Waals surface area contributed by atoms with E-state index in [4.69, 9.17) is 0 Å². The molecule has 8 aromatic carbocycles. The van der Waals surface area contributed by atoms with Crippen LogP contribution in [-0.2, 0) is 0 Å². The van der Waals surface area contributed by atoms with E-state index in [0.29, 0.717) is 0 Å². The van der Waals surface area contributed by atoms with E-state index in [0.717, 1.165) is 33.6 Å². The van der Waals surface area contributed by atoms with E-state index >= 15 is 0 Å². The Morgan fingerprint density at radius 1 is 0.509 bits per heavy atom. The topological polar surface area (TPSA) is 8.17 Å². The number of nitrogens with zero attached hydrogens (tertiary/aromatic N) is 2. The van der Waals surface area contributed by atoms with Crippen LogP contribution < -0.4 is 4.90 Å². The number of para-hydroxylation sites is 1. The first-order valence-corrected chi connectivity index (χ1v) is 18.8. The molecular formula is C50H32N2S. The zero-order valence-electron chi connectivity index (χ0n) is 28.8. The molecule has 0 radical (unpaired) electrons. The molecule has 0 saturated heterocycles. The molecule has 0 fully saturated rings. The predicted octanol–water partition coefficient (Wildman–Crippen LogP) is 14.2. The average molecular weight is 693 g/mol. The Morgan fingerprint density at radius 3 is 2.04 bits per heavy atom. The van der Waals surface area contributed by atoms with Gasteiger partial charge in [0, 0.05) is 54.1 Å². The third-order valence-corrected chi connectivity index (χ3v) is 12.0. The Hall–Kier alpha value is -6.68. The molecule has 0 amide bonds. The van der Waals surface area contributed by atoms with Crippen molar-refractivity contribution in [2.75, 3.05) is 4.90 Å². The van der Waals surface area contributed by atoms with E-state index in [1.807, 2.05) is 11.3 Å². The van der Waals surface area contributed by atoms with Crippen LogP contribution in [0.4, 0.5) is 11.4 Å². The monoisotopic (exact) mass is 692 g/mol. The molecular weight excluding hydrogens is 661 g/mol. The first-order valence-electron chi connectivity index (χ1n) is 18.0. The van der Waals surface area contributed by atoms with Crippen LogP contribution in [0.5, 0.6) is 0 Å². The lowest BCUT2D eigenvalue weighted by Gasteiger charge is -2.26. The molecule has 0 saturated carbocycles. The van der Waals surface area contributed by atoms with Crippen LogP contribution in [0.25, 0.3) is 80.4 Å². The smallest absolute Gasteiger partial charge is 0.0634 e. The van der Waals surface area contributed by atoms with Gasteiger partial charge in [0.15, 0.2) is 0 Å². The third kappa shape index (κ3) is 4.71. The summed E-state index contributed by atoms with van der Waals surface area (Å²) in [5.41, 5.74) is 10.2. The Bertz CT molecular complexity index is 3210. The lowest BCUT2D eigenvalue weighted by atomic mass is 9.95. The molecule has 53 heavy (non-hydrogen) atoms. The molecule has 11 rings (SSSR count). The van der Waals surface area contributed by atoms with E-state index in [1.165, 1.54) is 69.2 Å². The van der Waals surface area contributed by atoms with Crippen molar-refractivity contribution >= 4 is 97.4 Å². The van der Waals surface area contributed by atoms with E-state index in [1.54, 1.807) is 0 Å². The first kappa shape index (κ1) is 30.0. The minimum Gasteiger partial charge on any atom is -0.317 e. The molecule has 10 aromatic rings. The van der Waals surface area contributed by atoms with Crippen LogP contribution in [0.2, 0.25) is 0 Å². The summed E-state index contributed by atoms with van der Waals surface area (Å²) in [6.07, 6.45) is 6.69. The van der Waals surface area contributed by atoms with E-state index < -0.39 is 0 Å². The number of hydrogen-bond donors (Lipinski definition) is 0. The van der Waals surface area contributed by atoms with Crippen molar-refractivity contribution in [2.24, 2.45) is 0 Å². The van der Waals surface area contributed by atoms with Crippen LogP contribution in [-0.4, -0.2) is 4.57 Å². The number of hydrogen-bond acceptors (Lipinski definition) is 2. The molecule has 2 nitrogen and oxygen atoms in total. The Balaban J connectivity index is 1.14. The van der Waals surface area contributed by atoms with Crippen molar-refractivity contribution in [3.63, 3.8) is 0 Å². The second kappa shape index (κ2) is 11.7. The zero-order chi connectivity index (χ0) is 35.0. The molecule has 0 N–H and O–H groups in total. The van der Waals surface area contributed by atoms with Crippen molar-refractivity contribution in [1.82, 2.24) is 4.57 Å². The highest BCUT2D eigenvalue weighted by Gasteiger charge is 2.20. The minimum atomic E-state index is 0.982. The molecule has 0 spiro atoms. The van der Waals surface area contributed by atoms with Gasteiger partial charge in [-0.3, -0.25) is 0 Å². The molecule has 0 bridgehead atoms. The largest absolute Gasteiger partial charge is 0.317 e. The first-order chi connectivity index (χ1) is 26.2. The molecule has 0 aliphatic carbocycles. The zero-order valence-corrected chi connectivity index (χ0v) is 29.6. The lowest BCUT2D eigenvalue weighted by Crippen LogP contribution is -2.11. The summed E-state index contributed by atoms with van der Waals surface area (Å²) in [6.45, 7) is 4.61. The molecule has 0 unspecified atom stereocenters. The lowest BCUT2D eigenvalue weighted by molar-refractivity contribution is 1.19. The van der Waals surface area contributed by atoms with Crippen LogP contribution in [0.3, 0.4) is 0 Å². The second-order valence-corrected chi connectivity index (χ2v) is 15.0. The number of rotatable bonds is 3. The van der Waals surface area contributed by atoms with Gasteiger partial charge < -0.3 is 9.47 Å². The molecule has 1 aliphatic rings. The summed E-state index contributed by atoms with van der Waals surface area (Å²) in [4.78, 5) is 2.29. The Labute approximate surface area is 311 Å². The Morgan fingerprint density at radius 2 is 1.21 bits per heavy atom. The van der Waals surface area contributed by atoms with Crippen LogP contribution in [0.1, 0.15) is 11.1 Å². The highest BCUT2D eigenvalue weighted by Crippen LogP contribution is 2.44. The van der Waals surface area contributed by atoms with Gasteiger partial charge in [-0.25, -0.2) is 0 Å². The summed E-state index contributed by atoms with van der Waals surface area (Å²) >= 11 is 1.87. The van der Waals surface area contributed by atoms with Gasteiger partial charge in [-0.2, -0.15) is 0 Å². The average Bonchev–Trinajstić information content (AvgIpc) is 3.75. The van der Waals surface area contributed by atoms with Gasteiger partial charge in [-0.1, -0.05) is 116 Å². The summed E-state index contributed by atoms with van der Waals surface area (Å²) in [6, 6.07) is 59.7. The molecule has 1 aliphatic heterocycles. The maximum Gasteiger partial charge on any atom is 0.0634 e. The minimum absolute atomic E-state index is 0.982. The molecule has 0 atom stereocenters. The fourth-order valence-corrected chi connectivity index (χ4v) is 9.42. The number of fused-ring (bicyclic) bond motifs is 10. The van der Waals surface area contributed by atoms with Crippen molar-refractivity contribution in [2.45, 2.75) is 0 Å². The highest BCUT2D eigenvalue weighted by atomic mass is 32.1. The summed E-state index contributed by atoms with van der Waals surface area (Å²) in [5, 5.41) is 10.0. The van der Waals surface area contributed by atoms with Gasteiger partial charge in [0.25, 0.3) is 0 Å². The van der Waals surface area contributed by atoms with E-state index in [-0.39, 0.29) is 0 Å².